The Morgan fingerprint density at radius 3 is 2.62 bits per heavy atom. The van der Waals surface area contributed by atoms with Crippen molar-refractivity contribution in [2.24, 2.45) is 0 Å². The Morgan fingerprint density at radius 2 is 1.88 bits per heavy atom. The molecule has 0 bridgehead atoms. The van der Waals surface area contributed by atoms with Crippen molar-refractivity contribution in [3.05, 3.63) is 54.4 Å². The van der Waals surface area contributed by atoms with Gasteiger partial charge in [-0.2, -0.15) is 0 Å². The molecule has 26 heavy (non-hydrogen) atoms. The highest BCUT2D eigenvalue weighted by Crippen LogP contribution is 2.28. The number of carbonyl (C=O) groups is 1. The molecule has 138 valence electrons. The number of carbonyl (C=O) groups excluding carboxylic acids is 1. The second kappa shape index (κ2) is 9.20. The van der Waals surface area contributed by atoms with Gasteiger partial charge in [0.15, 0.2) is 0 Å². The van der Waals surface area contributed by atoms with E-state index >= 15 is 0 Å². The number of anilines is 1. The van der Waals surface area contributed by atoms with Gasteiger partial charge in [0.25, 0.3) is 0 Å². The Morgan fingerprint density at radius 1 is 1.12 bits per heavy atom. The number of piperazine rings is 1. The highest BCUT2D eigenvalue weighted by molar-refractivity contribution is 5.76. The molecule has 0 atom stereocenters. The summed E-state index contributed by atoms with van der Waals surface area (Å²) in [5.74, 6) is 1.09. The summed E-state index contributed by atoms with van der Waals surface area (Å²) in [6, 6.07) is 13.9. The Labute approximate surface area is 154 Å². The number of methoxy groups -OCH3 is 1. The number of hydrogen-bond donors (Lipinski definition) is 1. The van der Waals surface area contributed by atoms with Gasteiger partial charge >= 0.3 is 0 Å². The zero-order valence-corrected chi connectivity index (χ0v) is 15.2. The molecule has 6 nitrogen and oxygen atoms in total. The first-order chi connectivity index (χ1) is 12.8. The van der Waals surface area contributed by atoms with Crippen molar-refractivity contribution >= 4 is 11.6 Å². The third-order valence-electron chi connectivity index (χ3n) is 4.61. The fourth-order valence-electron chi connectivity index (χ4n) is 3.16. The largest absolute Gasteiger partial charge is 0.495 e. The van der Waals surface area contributed by atoms with E-state index in [9.17, 15) is 4.79 Å². The average molecular weight is 354 g/mol. The number of nitrogens with one attached hydrogen (secondary N) is 1. The quantitative estimate of drug-likeness (QED) is 0.770. The van der Waals surface area contributed by atoms with Gasteiger partial charge in [-0.25, -0.2) is 0 Å². The number of amides is 1. The molecule has 0 spiro atoms. The molecule has 1 aromatic heterocycles. The molecule has 0 saturated carbocycles. The molecular weight excluding hydrogens is 328 g/mol. The summed E-state index contributed by atoms with van der Waals surface area (Å²) in [5, 5.41) is 3.28. The third kappa shape index (κ3) is 4.73. The van der Waals surface area contributed by atoms with E-state index in [1.54, 1.807) is 13.3 Å². The van der Waals surface area contributed by atoms with Gasteiger partial charge in [0.2, 0.25) is 5.91 Å². The summed E-state index contributed by atoms with van der Waals surface area (Å²) in [6.45, 7) is 4.51. The monoisotopic (exact) mass is 354 g/mol. The molecule has 0 radical (unpaired) electrons. The van der Waals surface area contributed by atoms with Crippen LogP contribution in [0, 0.1) is 0 Å². The molecule has 1 fully saturated rings. The maximum absolute atomic E-state index is 12.4. The van der Waals surface area contributed by atoms with Crippen LogP contribution in [0.2, 0.25) is 0 Å². The van der Waals surface area contributed by atoms with E-state index in [1.807, 2.05) is 41.3 Å². The second-order valence-electron chi connectivity index (χ2n) is 6.29. The fraction of sp³-hybridized carbons (Fsp3) is 0.400. The van der Waals surface area contributed by atoms with Crippen molar-refractivity contribution < 1.29 is 9.53 Å². The van der Waals surface area contributed by atoms with E-state index in [4.69, 9.17) is 4.74 Å². The summed E-state index contributed by atoms with van der Waals surface area (Å²) in [4.78, 5) is 20.9. The lowest BCUT2D eigenvalue weighted by Crippen LogP contribution is -2.49. The molecule has 1 aromatic carbocycles. The van der Waals surface area contributed by atoms with Gasteiger partial charge in [-0.1, -0.05) is 18.2 Å². The van der Waals surface area contributed by atoms with E-state index in [1.165, 1.54) is 0 Å². The summed E-state index contributed by atoms with van der Waals surface area (Å²) in [6.07, 6.45) is 2.30. The van der Waals surface area contributed by atoms with Crippen molar-refractivity contribution in [2.75, 3.05) is 44.7 Å². The van der Waals surface area contributed by atoms with E-state index in [-0.39, 0.29) is 5.91 Å². The molecule has 1 aliphatic heterocycles. The van der Waals surface area contributed by atoms with Crippen molar-refractivity contribution in [3.8, 4) is 5.75 Å². The zero-order valence-electron chi connectivity index (χ0n) is 15.2. The first-order valence-electron chi connectivity index (χ1n) is 9.04. The van der Waals surface area contributed by atoms with Gasteiger partial charge < -0.3 is 19.9 Å². The predicted molar refractivity (Wildman–Crippen MR) is 102 cm³/mol. The Bertz CT molecular complexity index is 700. The minimum Gasteiger partial charge on any atom is -0.495 e. The van der Waals surface area contributed by atoms with Gasteiger partial charge in [-0.15, -0.1) is 0 Å². The minimum atomic E-state index is 0.207. The van der Waals surface area contributed by atoms with Crippen LogP contribution in [0.5, 0.6) is 5.75 Å². The Kier molecular flexibility index (Phi) is 6.44. The Balaban J connectivity index is 1.41. The first kappa shape index (κ1) is 18.2. The second-order valence-corrected chi connectivity index (χ2v) is 6.29. The number of para-hydroxylation sites is 2. The van der Waals surface area contributed by atoms with E-state index in [0.29, 0.717) is 19.5 Å². The van der Waals surface area contributed by atoms with E-state index in [0.717, 1.165) is 43.3 Å². The van der Waals surface area contributed by atoms with E-state index < -0.39 is 0 Å². The molecular formula is C20H26N4O2. The van der Waals surface area contributed by atoms with Crippen LogP contribution < -0.4 is 15.0 Å². The van der Waals surface area contributed by atoms with Gasteiger partial charge in [-0.3, -0.25) is 9.78 Å². The molecule has 1 saturated heterocycles. The normalized spacial score (nSPS) is 14.3. The van der Waals surface area contributed by atoms with Crippen molar-refractivity contribution in [2.45, 2.75) is 13.0 Å². The number of rotatable bonds is 7. The van der Waals surface area contributed by atoms with Gasteiger partial charge in [-0.05, 0) is 24.3 Å². The average Bonchev–Trinajstić information content (AvgIpc) is 2.72. The number of nitrogens with zero attached hydrogens (tertiary/aromatic N) is 3. The highest BCUT2D eigenvalue weighted by Gasteiger charge is 2.22. The molecule has 0 unspecified atom stereocenters. The minimum absolute atomic E-state index is 0.207. The summed E-state index contributed by atoms with van der Waals surface area (Å²) < 4.78 is 5.44. The standard InChI is InChI=1S/C20H26N4O2/c1-26-19-8-3-2-7-18(19)23-12-14-24(15-13-23)20(25)9-11-21-16-17-6-4-5-10-22-17/h2-8,10,21H,9,11-16H2,1H3. The fourth-order valence-corrected chi connectivity index (χ4v) is 3.16. The van der Waals surface area contributed by atoms with Crippen LogP contribution in [0.3, 0.4) is 0 Å². The molecule has 2 heterocycles. The van der Waals surface area contributed by atoms with Crippen LogP contribution >= 0.6 is 0 Å². The maximum Gasteiger partial charge on any atom is 0.223 e. The number of benzene rings is 1. The third-order valence-corrected chi connectivity index (χ3v) is 4.61. The molecule has 2 aromatic rings. The summed E-state index contributed by atoms with van der Waals surface area (Å²) in [7, 11) is 1.69. The van der Waals surface area contributed by atoms with Gasteiger partial charge in [0.1, 0.15) is 5.75 Å². The molecule has 6 heteroatoms. The van der Waals surface area contributed by atoms with Crippen molar-refractivity contribution in [1.82, 2.24) is 15.2 Å². The van der Waals surface area contributed by atoms with Crippen LogP contribution in [-0.2, 0) is 11.3 Å². The number of hydrogen-bond acceptors (Lipinski definition) is 5. The summed E-state index contributed by atoms with van der Waals surface area (Å²) >= 11 is 0. The van der Waals surface area contributed by atoms with Crippen LogP contribution in [0.1, 0.15) is 12.1 Å². The maximum atomic E-state index is 12.4. The first-order valence-corrected chi connectivity index (χ1v) is 9.04. The lowest BCUT2D eigenvalue weighted by Gasteiger charge is -2.36. The van der Waals surface area contributed by atoms with Crippen LogP contribution in [0.15, 0.2) is 48.7 Å². The lowest BCUT2D eigenvalue weighted by atomic mass is 10.2. The number of pyridine rings is 1. The van der Waals surface area contributed by atoms with Crippen LogP contribution in [-0.4, -0.2) is 55.6 Å². The van der Waals surface area contributed by atoms with Gasteiger partial charge in [0.05, 0.1) is 18.5 Å². The topological polar surface area (TPSA) is 57.7 Å². The van der Waals surface area contributed by atoms with Crippen LogP contribution in [0.4, 0.5) is 5.69 Å². The van der Waals surface area contributed by atoms with Crippen molar-refractivity contribution in [1.29, 1.82) is 0 Å². The van der Waals surface area contributed by atoms with Gasteiger partial charge in [0, 0.05) is 51.9 Å². The van der Waals surface area contributed by atoms with E-state index in [2.05, 4.69) is 21.3 Å². The Hall–Kier alpha value is -2.60. The predicted octanol–water partition coefficient (Wildman–Crippen LogP) is 1.92. The van der Waals surface area contributed by atoms with Crippen LogP contribution in [0.25, 0.3) is 0 Å². The highest BCUT2D eigenvalue weighted by atomic mass is 16.5. The number of aromatic nitrogens is 1. The lowest BCUT2D eigenvalue weighted by molar-refractivity contribution is -0.131. The smallest absolute Gasteiger partial charge is 0.223 e. The summed E-state index contributed by atoms with van der Waals surface area (Å²) in [5.41, 5.74) is 2.09. The molecule has 1 amide bonds. The SMILES string of the molecule is COc1ccccc1N1CCN(C(=O)CCNCc2ccccn2)CC1. The molecule has 1 aliphatic rings. The molecule has 1 N–H and O–H groups in total. The molecule has 3 rings (SSSR count). The molecule has 0 aliphatic carbocycles. The zero-order chi connectivity index (χ0) is 18.2. The number of ether oxygens (including phenoxy) is 1. The van der Waals surface area contributed by atoms with Crippen molar-refractivity contribution in [3.63, 3.8) is 0 Å².